The molecular weight excluding hydrogens is 342 g/mol. The van der Waals surface area contributed by atoms with E-state index < -0.39 is 0 Å². The summed E-state index contributed by atoms with van der Waals surface area (Å²) in [7, 11) is 6.10. The van der Waals surface area contributed by atoms with Crippen molar-refractivity contribution in [1.82, 2.24) is 20.9 Å². The van der Waals surface area contributed by atoms with Crippen LogP contribution in [0.4, 0.5) is 0 Å². The topological polar surface area (TPSA) is 78.0 Å². The molecule has 3 N–H and O–H groups in total. The molecular formula is C20H39N5O2. The van der Waals surface area contributed by atoms with Crippen LogP contribution in [-0.2, 0) is 9.53 Å². The summed E-state index contributed by atoms with van der Waals surface area (Å²) in [6.45, 7) is 6.48. The van der Waals surface area contributed by atoms with E-state index in [2.05, 4.69) is 39.9 Å². The number of carbonyl (C=O) groups excluding carboxylic acids is 1. The zero-order chi connectivity index (χ0) is 19.9. The summed E-state index contributed by atoms with van der Waals surface area (Å²) in [4.78, 5) is 19.1. The molecule has 0 bridgehead atoms. The molecule has 2 atom stereocenters. The fraction of sp³-hybridized carbons (Fsp3) is 0.900. The Balaban J connectivity index is 1.87. The lowest BCUT2D eigenvalue weighted by atomic mass is 9.85. The normalized spacial score (nSPS) is 26.1. The first-order chi connectivity index (χ1) is 12.9. The second kappa shape index (κ2) is 10.3. The van der Waals surface area contributed by atoms with Crippen LogP contribution in [0.3, 0.4) is 0 Å². The Morgan fingerprint density at radius 1 is 1.26 bits per heavy atom. The fourth-order valence-electron chi connectivity index (χ4n) is 4.13. The second-order valence-corrected chi connectivity index (χ2v) is 8.52. The largest absolute Gasteiger partial charge is 0.381 e. The molecule has 7 nitrogen and oxygen atoms in total. The van der Waals surface area contributed by atoms with Gasteiger partial charge in [-0.1, -0.05) is 6.42 Å². The number of hydrogen-bond acceptors (Lipinski definition) is 4. The van der Waals surface area contributed by atoms with Crippen molar-refractivity contribution in [2.75, 3.05) is 40.9 Å². The van der Waals surface area contributed by atoms with E-state index in [-0.39, 0.29) is 29.4 Å². The predicted molar refractivity (Wildman–Crippen MR) is 110 cm³/mol. The summed E-state index contributed by atoms with van der Waals surface area (Å²) in [6.07, 6.45) is 6.04. The third-order valence-electron chi connectivity index (χ3n) is 6.00. The highest BCUT2D eigenvalue weighted by atomic mass is 16.5. The Kier molecular flexibility index (Phi) is 8.35. The standard InChI is InChI=1S/C20H39N5O2/c1-15(2)23-18(26)16-7-6-8-17(13-16)24-19(21-3)22-14-20(25(4)5)9-11-27-12-10-20/h15-17H,6-14H2,1-5H3,(H,23,26)(H2,21,22,24). The molecule has 1 amide bonds. The van der Waals surface area contributed by atoms with E-state index in [0.29, 0.717) is 0 Å². The number of hydrogen-bond donors (Lipinski definition) is 3. The van der Waals surface area contributed by atoms with Gasteiger partial charge in [-0.15, -0.1) is 0 Å². The van der Waals surface area contributed by atoms with E-state index in [0.717, 1.165) is 64.2 Å². The van der Waals surface area contributed by atoms with Gasteiger partial charge in [-0.3, -0.25) is 9.79 Å². The van der Waals surface area contributed by atoms with Crippen LogP contribution in [0.2, 0.25) is 0 Å². The lowest BCUT2D eigenvalue weighted by Crippen LogP contribution is -2.58. The molecule has 1 saturated carbocycles. The van der Waals surface area contributed by atoms with Crippen LogP contribution < -0.4 is 16.0 Å². The molecule has 0 aromatic heterocycles. The predicted octanol–water partition coefficient (Wildman–Crippen LogP) is 1.35. The van der Waals surface area contributed by atoms with Crippen molar-refractivity contribution in [2.24, 2.45) is 10.9 Å². The molecule has 156 valence electrons. The Bertz CT molecular complexity index is 501. The highest BCUT2D eigenvalue weighted by Crippen LogP contribution is 2.26. The van der Waals surface area contributed by atoms with Gasteiger partial charge in [0.05, 0.1) is 0 Å². The maximum Gasteiger partial charge on any atom is 0.223 e. The van der Waals surface area contributed by atoms with Crippen LogP contribution in [0, 0.1) is 5.92 Å². The minimum absolute atomic E-state index is 0.0976. The van der Waals surface area contributed by atoms with E-state index in [1.165, 1.54) is 0 Å². The third kappa shape index (κ3) is 6.35. The van der Waals surface area contributed by atoms with Crippen molar-refractivity contribution >= 4 is 11.9 Å². The number of nitrogens with one attached hydrogen (secondary N) is 3. The molecule has 1 aliphatic heterocycles. The van der Waals surface area contributed by atoms with Gasteiger partial charge in [0, 0.05) is 50.3 Å². The molecule has 2 rings (SSSR count). The third-order valence-corrected chi connectivity index (χ3v) is 6.00. The van der Waals surface area contributed by atoms with Crippen molar-refractivity contribution < 1.29 is 9.53 Å². The first kappa shape index (κ1) is 22.0. The average Bonchev–Trinajstić information content (AvgIpc) is 2.65. The summed E-state index contributed by atoms with van der Waals surface area (Å²) in [5.74, 6) is 1.12. The van der Waals surface area contributed by atoms with Crippen LogP contribution in [0.25, 0.3) is 0 Å². The molecule has 0 radical (unpaired) electrons. The molecule has 0 aromatic carbocycles. The van der Waals surface area contributed by atoms with E-state index >= 15 is 0 Å². The summed E-state index contributed by atoms with van der Waals surface area (Å²) >= 11 is 0. The van der Waals surface area contributed by atoms with Crippen molar-refractivity contribution in [3.05, 3.63) is 0 Å². The summed E-state index contributed by atoms with van der Waals surface area (Å²) in [6, 6.07) is 0.486. The number of amides is 1. The van der Waals surface area contributed by atoms with Crippen molar-refractivity contribution in [3.63, 3.8) is 0 Å². The summed E-state index contributed by atoms with van der Waals surface area (Å²) in [5.41, 5.74) is 0.0993. The van der Waals surface area contributed by atoms with E-state index in [1.807, 2.05) is 20.9 Å². The Morgan fingerprint density at radius 3 is 2.56 bits per heavy atom. The number of nitrogens with zero attached hydrogens (tertiary/aromatic N) is 2. The fourth-order valence-corrected chi connectivity index (χ4v) is 4.13. The summed E-state index contributed by atoms with van der Waals surface area (Å²) in [5, 5.41) is 10.1. The molecule has 1 saturated heterocycles. The minimum Gasteiger partial charge on any atom is -0.381 e. The van der Waals surface area contributed by atoms with Crippen molar-refractivity contribution in [1.29, 1.82) is 0 Å². The number of ether oxygens (including phenoxy) is 1. The molecule has 0 aromatic rings. The molecule has 1 aliphatic carbocycles. The van der Waals surface area contributed by atoms with Gasteiger partial charge in [-0.2, -0.15) is 0 Å². The van der Waals surface area contributed by atoms with Gasteiger partial charge in [0.25, 0.3) is 0 Å². The number of carbonyl (C=O) groups is 1. The highest BCUT2D eigenvalue weighted by Gasteiger charge is 2.35. The number of guanidine groups is 1. The number of likely N-dealkylation sites (N-methyl/N-ethyl adjacent to an activating group) is 1. The van der Waals surface area contributed by atoms with Crippen molar-refractivity contribution in [2.45, 2.75) is 70.0 Å². The van der Waals surface area contributed by atoms with Crippen LogP contribution in [0.15, 0.2) is 4.99 Å². The monoisotopic (exact) mass is 381 g/mol. The molecule has 1 heterocycles. The van der Waals surface area contributed by atoms with Gasteiger partial charge >= 0.3 is 0 Å². The lowest BCUT2D eigenvalue weighted by Gasteiger charge is -2.43. The van der Waals surface area contributed by atoms with Gasteiger partial charge in [0.15, 0.2) is 5.96 Å². The molecule has 2 aliphatic rings. The highest BCUT2D eigenvalue weighted by molar-refractivity contribution is 5.81. The Labute approximate surface area is 164 Å². The van der Waals surface area contributed by atoms with E-state index in [1.54, 1.807) is 0 Å². The quantitative estimate of drug-likeness (QED) is 0.478. The van der Waals surface area contributed by atoms with E-state index in [4.69, 9.17) is 4.74 Å². The van der Waals surface area contributed by atoms with Gasteiger partial charge in [-0.05, 0) is 60.0 Å². The van der Waals surface area contributed by atoms with Gasteiger partial charge in [0.2, 0.25) is 5.91 Å². The van der Waals surface area contributed by atoms with Gasteiger partial charge < -0.3 is 25.6 Å². The second-order valence-electron chi connectivity index (χ2n) is 8.52. The Morgan fingerprint density at radius 2 is 1.96 bits per heavy atom. The Hall–Kier alpha value is -1.34. The first-order valence-corrected chi connectivity index (χ1v) is 10.4. The van der Waals surface area contributed by atoms with Crippen LogP contribution >= 0.6 is 0 Å². The van der Waals surface area contributed by atoms with Crippen LogP contribution in [0.1, 0.15) is 52.4 Å². The van der Waals surface area contributed by atoms with Crippen molar-refractivity contribution in [3.8, 4) is 0 Å². The molecule has 2 fully saturated rings. The summed E-state index contributed by atoms with van der Waals surface area (Å²) < 4.78 is 5.55. The van der Waals surface area contributed by atoms with Gasteiger partial charge in [0.1, 0.15) is 0 Å². The zero-order valence-corrected chi connectivity index (χ0v) is 17.8. The van der Waals surface area contributed by atoms with Gasteiger partial charge in [-0.25, -0.2) is 0 Å². The lowest BCUT2D eigenvalue weighted by molar-refractivity contribution is -0.126. The molecule has 7 heteroatoms. The zero-order valence-electron chi connectivity index (χ0n) is 17.8. The maximum absolute atomic E-state index is 12.4. The first-order valence-electron chi connectivity index (χ1n) is 10.4. The molecule has 2 unspecified atom stereocenters. The number of rotatable bonds is 6. The maximum atomic E-state index is 12.4. The smallest absolute Gasteiger partial charge is 0.223 e. The van der Waals surface area contributed by atoms with Crippen LogP contribution in [0.5, 0.6) is 0 Å². The number of aliphatic imine (C=N–C) groups is 1. The van der Waals surface area contributed by atoms with E-state index in [9.17, 15) is 4.79 Å². The average molecular weight is 382 g/mol. The SMILES string of the molecule is CN=C(NCC1(N(C)C)CCOCC1)NC1CCCC(C(=O)NC(C)C)C1. The molecule has 27 heavy (non-hydrogen) atoms. The minimum atomic E-state index is 0.0976. The molecule has 0 spiro atoms. The van der Waals surface area contributed by atoms with Crippen LogP contribution in [-0.4, -0.2) is 75.3 Å².